The second kappa shape index (κ2) is 10.7. The minimum atomic E-state index is -4.15. The summed E-state index contributed by atoms with van der Waals surface area (Å²) >= 11 is 1.30. The standard InChI is InChI=1S/C15H26F3NO4S/c1-5-22-12(20)11(19-13(21)23-14(2,3)4)7-10-24-9-6-8-15(16,17)18/h11H,5-10H2,1-4H3,(H,19,21)/t11-/m0/s1. The molecule has 1 N–H and O–H groups in total. The Labute approximate surface area is 145 Å². The van der Waals surface area contributed by atoms with E-state index in [-0.39, 0.29) is 19.4 Å². The molecule has 0 radical (unpaired) electrons. The van der Waals surface area contributed by atoms with Gasteiger partial charge in [0, 0.05) is 6.42 Å². The topological polar surface area (TPSA) is 64.6 Å². The molecular formula is C15H26F3NO4S. The average molecular weight is 373 g/mol. The molecule has 1 amide bonds. The van der Waals surface area contributed by atoms with Crippen LogP contribution in [0.4, 0.5) is 18.0 Å². The van der Waals surface area contributed by atoms with Crippen molar-refractivity contribution in [1.29, 1.82) is 0 Å². The van der Waals surface area contributed by atoms with E-state index in [9.17, 15) is 22.8 Å². The molecule has 0 aromatic heterocycles. The number of hydrogen-bond acceptors (Lipinski definition) is 5. The van der Waals surface area contributed by atoms with Gasteiger partial charge in [0.1, 0.15) is 11.6 Å². The number of alkyl halides is 3. The van der Waals surface area contributed by atoms with E-state index in [1.807, 2.05) is 0 Å². The Bertz CT molecular complexity index is 397. The highest BCUT2D eigenvalue weighted by atomic mass is 32.2. The molecule has 9 heteroatoms. The van der Waals surface area contributed by atoms with Gasteiger partial charge in [-0.2, -0.15) is 24.9 Å². The van der Waals surface area contributed by atoms with E-state index in [1.54, 1.807) is 27.7 Å². The number of thioether (sulfide) groups is 1. The van der Waals surface area contributed by atoms with Gasteiger partial charge in [0.2, 0.25) is 0 Å². The highest BCUT2D eigenvalue weighted by molar-refractivity contribution is 7.99. The third-order valence-electron chi connectivity index (χ3n) is 2.56. The number of alkyl carbamates (subject to hydrolysis) is 1. The highest BCUT2D eigenvalue weighted by Crippen LogP contribution is 2.22. The fraction of sp³-hybridized carbons (Fsp3) is 0.867. The molecule has 0 aromatic rings. The molecular weight excluding hydrogens is 347 g/mol. The number of amides is 1. The van der Waals surface area contributed by atoms with Gasteiger partial charge in [-0.25, -0.2) is 9.59 Å². The summed E-state index contributed by atoms with van der Waals surface area (Å²) in [7, 11) is 0. The number of rotatable bonds is 9. The number of carbonyl (C=O) groups excluding carboxylic acids is 2. The predicted octanol–water partition coefficient (Wildman–Crippen LogP) is 3.91. The maximum absolute atomic E-state index is 12.0. The SMILES string of the molecule is CCOC(=O)[C@H](CCSCCCC(F)(F)F)NC(=O)OC(C)(C)C. The second-order valence-corrected chi connectivity index (χ2v) is 7.30. The molecule has 0 spiro atoms. The number of hydrogen-bond donors (Lipinski definition) is 1. The lowest BCUT2D eigenvalue weighted by atomic mass is 10.2. The van der Waals surface area contributed by atoms with Gasteiger partial charge in [0.25, 0.3) is 0 Å². The van der Waals surface area contributed by atoms with Crippen molar-refractivity contribution in [2.75, 3.05) is 18.1 Å². The summed E-state index contributed by atoms with van der Waals surface area (Å²) in [6, 6.07) is -0.880. The molecule has 0 aromatic carbocycles. The van der Waals surface area contributed by atoms with Gasteiger partial charge >= 0.3 is 18.2 Å². The fourth-order valence-electron chi connectivity index (χ4n) is 1.62. The molecule has 0 heterocycles. The molecule has 0 saturated heterocycles. The monoisotopic (exact) mass is 373 g/mol. The molecule has 0 aliphatic heterocycles. The van der Waals surface area contributed by atoms with E-state index in [4.69, 9.17) is 9.47 Å². The first kappa shape index (κ1) is 22.9. The first-order valence-electron chi connectivity index (χ1n) is 7.75. The Morgan fingerprint density at radius 1 is 1.17 bits per heavy atom. The summed E-state index contributed by atoms with van der Waals surface area (Å²) in [6.45, 7) is 6.91. The third kappa shape index (κ3) is 13.3. The normalized spacial score (nSPS) is 13.3. The smallest absolute Gasteiger partial charge is 0.408 e. The minimum Gasteiger partial charge on any atom is -0.464 e. The summed E-state index contributed by atoms with van der Waals surface area (Å²) in [5.74, 6) is 0.179. The van der Waals surface area contributed by atoms with Crippen LogP contribution in [0.25, 0.3) is 0 Å². The first-order valence-corrected chi connectivity index (χ1v) is 8.90. The van der Waals surface area contributed by atoms with Crippen LogP contribution >= 0.6 is 11.8 Å². The average Bonchev–Trinajstić information content (AvgIpc) is 2.38. The van der Waals surface area contributed by atoms with Crippen LogP contribution in [-0.4, -0.2) is 48.0 Å². The van der Waals surface area contributed by atoms with Crippen molar-refractivity contribution in [1.82, 2.24) is 5.32 Å². The molecule has 0 aliphatic carbocycles. The van der Waals surface area contributed by atoms with Crippen molar-refractivity contribution in [3.05, 3.63) is 0 Å². The van der Waals surface area contributed by atoms with Crippen LogP contribution in [0.5, 0.6) is 0 Å². The van der Waals surface area contributed by atoms with Crippen molar-refractivity contribution >= 4 is 23.8 Å². The van der Waals surface area contributed by atoms with E-state index < -0.39 is 36.3 Å². The number of nitrogens with one attached hydrogen (secondary N) is 1. The molecule has 0 rings (SSSR count). The van der Waals surface area contributed by atoms with Gasteiger partial charge in [-0.05, 0) is 52.0 Å². The van der Waals surface area contributed by atoms with Crippen LogP contribution in [0, 0.1) is 0 Å². The molecule has 0 bridgehead atoms. The molecule has 142 valence electrons. The zero-order chi connectivity index (χ0) is 18.8. The van der Waals surface area contributed by atoms with Crippen LogP contribution < -0.4 is 5.32 Å². The summed E-state index contributed by atoms with van der Waals surface area (Å²) in [4.78, 5) is 23.6. The van der Waals surface area contributed by atoms with Gasteiger partial charge in [-0.3, -0.25) is 0 Å². The molecule has 1 atom stereocenters. The van der Waals surface area contributed by atoms with Gasteiger partial charge in [0.05, 0.1) is 6.61 Å². The lowest BCUT2D eigenvalue weighted by Crippen LogP contribution is -2.44. The van der Waals surface area contributed by atoms with Gasteiger partial charge in [0.15, 0.2) is 0 Å². The number of esters is 1. The Balaban J connectivity index is 4.28. The zero-order valence-corrected chi connectivity index (χ0v) is 15.3. The van der Waals surface area contributed by atoms with Gasteiger partial charge in [-0.15, -0.1) is 0 Å². The minimum absolute atomic E-state index is 0.0255. The van der Waals surface area contributed by atoms with Crippen LogP contribution in [-0.2, 0) is 14.3 Å². The summed E-state index contributed by atoms with van der Waals surface area (Å²) in [5.41, 5.74) is -0.699. The lowest BCUT2D eigenvalue weighted by molar-refractivity contribution is -0.145. The Hall–Kier alpha value is -1.12. The Morgan fingerprint density at radius 2 is 1.79 bits per heavy atom. The lowest BCUT2D eigenvalue weighted by Gasteiger charge is -2.22. The van der Waals surface area contributed by atoms with E-state index in [2.05, 4.69) is 5.32 Å². The van der Waals surface area contributed by atoms with Crippen molar-refractivity contribution in [2.45, 2.75) is 64.8 Å². The quantitative estimate of drug-likeness (QED) is 0.490. The van der Waals surface area contributed by atoms with Crippen LogP contribution in [0.15, 0.2) is 0 Å². The summed E-state index contributed by atoms with van der Waals surface area (Å²) < 4.78 is 46.1. The summed E-state index contributed by atoms with van der Waals surface area (Å²) in [5, 5.41) is 2.44. The van der Waals surface area contributed by atoms with Gasteiger partial charge in [-0.1, -0.05) is 0 Å². The predicted molar refractivity (Wildman–Crippen MR) is 87.0 cm³/mol. The van der Waals surface area contributed by atoms with Crippen molar-refractivity contribution in [2.24, 2.45) is 0 Å². The maximum Gasteiger partial charge on any atom is 0.408 e. The number of halogens is 3. The first-order chi connectivity index (χ1) is 10.9. The maximum atomic E-state index is 12.0. The molecule has 24 heavy (non-hydrogen) atoms. The third-order valence-corrected chi connectivity index (χ3v) is 3.66. The number of ether oxygens (including phenoxy) is 2. The van der Waals surface area contributed by atoms with E-state index in [0.29, 0.717) is 11.5 Å². The Kier molecular flexibility index (Phi) is 10.2. The molecule has 5 nitrogen and oxygen atoms in total. The molecule has 0 unspecified atom stereocenters. The van der Waals surface area contributed by atoms with Crippen molar-refractivity contribution in [3.63, 3.8) is 0 Å². The largest absolute Gasteiger partial charge is 0.464 e. The van der Waals surface area contributed by atoms with E-state index in [0.717, 1.165) is 0 Å². The van der Waals surface area contributed by atoms with Crippen molar-refractivity contribution < 1.29 is 32.2 Å². The zero-order valence-electron chi connectivity index (χ0n) is 14.5. The number of carbonyl (C=O) groups is 2. The molecule has 0 aliphatic rings. The fourth-order valence-corrected chi connectivity index (χ4v) is 2.57. The van der Waals surface area contributed by atoms with E-state index in [1.165, 1.54) is 11.8 Å². The van der Waals surface area contributed by atoms with Gasteiger partial charge < -0.3 is 14.8 Å². The van der Waals surface area contributed by atoms with Crippen LogP contribution in [0.1, 0.15) is 47.0 Å². The van der Waals surface area contributed by atoms with Crippen LogP contribution in [0.2, 0.25) is 0 Å². The summed E-state index contributed by atoms with van der Waals surface area (Å²) in [6.07, 6.45) is -5.42. The van der Waals surface area contributed by atoms with Crippen LogP contribution in [0.3, 0.4) is 0 Å². The highest BCUT2D eigenvalue weighted by Gasteiger charge is 2.27. The van der Waals surface area contributed by atoms with Crippen molar-refractivity contribution in [3.8, 4) is 0 Å². The Morgan fingerprint density at radius 3 is 2.29 bits per heavy atom. The molecule has 0 fully saturated rings. The molecule has 0 saturated carbocycles. The van der Waals surface area contributed by atoms with E-state index >= 15 is 0 Å². The second-order valence-electron chi connectivity index (χ2n) is 6.07.